The molecule has 1 amide bonds. The maximum Gasteiger partial charge on any atom is 0.306 e. The van der Waals surface area contributed by atoms with E-state index in [-0.39, 0.29) is 23.3 Å². The van der Waals surface area contributed by atoms with E-state index < -0.39 is 5.97 Å². The van der Waals surface area contributed by atoms with Crippen LogP contribution in [0.3, 0.4) is 0 Å². The fourth-order valence-corrected chi connectivity index (χ4v) is 2.26. The van der Waals surface area contributed by atoms with Gasteiger partial charge in [-0.3, -0.25) is 9.59 Å². The number of nitrogens with one attached hydrogen (secondary N) is 1. The molecule has 0 heterocycles. The first-order chi connectivity index (χ1) is 8.74. The Labute approximate surface area is 115 Å². The molecule has 0 bridgehead atoms. The fraction of sp³-hybridized carbons (Fsp3) is 0.857. The molecule has 19 heavy (non-hydrogen) atoms. The van der Waals surface area contributed by atoms with Crippen molar-refractivity contribution in [1.82, 2.24) is 10.2 Å². The second kappa shape index (κ2) is 6.37. The molecule has 0 aromatic carbocycles. The molecule has 0 spiro atoms. The standard InChI is InChI=1S/C14H26N2O3/c1-14(2,16(3)4)9-15-12(17)10-6-5-7-11(8-10)13(18)19/h10-11H,5-9H2,1-4H3,(H,15,17)(H,18,19). The number of carboxylic acid groups (broad SMARTS) is 1. The van der Waals surface area contributed by atoms with Crippen LogP contribution >= 0.6 is 0 Å². The Morgan fingerprint density at radius 2 is 1.84 bits per heavy atom. The molecule has 0 aliphatic heterocycles. The SMILES string of the molecule is CN(C)C(C)(C)CNC(=O)C1CCCC(C(=O)O)C1. The molecular weight excluding hydrogens is 244 g/mol. The van der Waals surface area contributed by atoms with Crippen molar-refractivity contribution >= 4 is 11.9 Å². The molecule has 0 aromatic rings. The van der Waals surface area contributed by atoms with Crippen LogP contribution in [0, 0.1) is 11.8 Å². The number of aliphatic carboxylic acids is 1. The molecule has 5 heteroatoms. The van der Waals surface area contributed by atoms with Gasteiger partial charge >= 0.3 is 5.97 Å². The van der Waals surface area contributed by atoms with Crippen molar-refractivity contribution < 1.29 is 14.7 Å². The first-order valence-corrected chi connectivity index (χ1v) is 6.92. The van der Waals surface area contributed by atoms with Crippen LogP contribution in [-0.4, -0.2) is 48.1 Å². The predicted octanol–water partition coefficient (Wildman–Crippen LogP) is 1.33. The molecule has 0 saturated heterocycles. The minimum atomic E-state index is -0.772. The molecule has 1 rings (SSSR count). The van der Waals surface area contributed by atoms with Crippen molar-refractivity contribution in [1.29, 1.82) is 0 Å². The van der Waals surface area contributed by atoms with Gasteiger partial charge in [0.1, 0.15) is 0 Å². The van der Waals surface area contributed by atoms with Gasteiger partial charge in [0.15, 0.2) is 0 Å². The summed E-state index contributed by atoms with van der Waals surface area (Å²) in [5.74, 6) is -1.27. The van der Waals surface area contributed by atoms with Crippen molar-refractivity contribution in [2.24, 2.45) is 11.8 Å². The van der Waals surface area contributed by atoms with E-state index in [1.54, 1.807) is 0 Å². The third kappa shape index (κ3) is 4.49. The zero-order valence-electron chi connectivity index (χ0n) is 12.4. The van der Waals surface area contributed by atoms with Crippen LogP contribution in [0.25, 0.3) is 0 Å². The van der Waals surface area contributed by atoms with Crippen LogP contribution in [0.4, 0.5) is 0 Å². The van der Waals surface area contributed by atoms with Crippen LogP contribution in [0.1, 0.15) is 39.5 Å². The summed E-state index contributed by atoms with van der Waals surface area (Å²) >= 11 is 0. The lowest BCUT2D eigenvalue weighted by Gasteiger charge is -2.34. The van der Waals surface area contributed by atoms with Gasteiger partial charge in [0.25, 0.3) is 0 Å². The van der Waals surface area contributed by atoms with Crippen molar-refractivity contribution in [3.8, 4) is 0 Å². The topological polar surface area (TPSA) is 69.6 Å². The summed E-state index contributed by atoms with van der Waals surface area (Å²) in [7, 11) is 3.96. The maximum absolute atomic E-state index is 12.1. The van der Waals surface area contributed by atoms with E-state index in [0.29, 0.717) is 19.4 Å². The molecule has 1 saturated carbocycles. The summed E-state index contributed by atoms with van der Waals surface area (Å²) in [5, 5.41) is 12.0. The summed E-state index contributed by atoms with van der Waals surface area (Å²) in [6.07, 6.45) is 2.80. The Morgan fingerprint density at radius 3 is 2.37 bits per heavy atom. The van der Waals surface area contributed by atoms with Crippen molar-refractivity contribution in [3.63, 3.8) is 0 Å². The number of hydrogen-bond acceptors (Lipinski definition) is 3. The lowest BCUT2D eigenvalue weighted by molar-refractivity contribution is -0.144. The Bertz CT molecular complexity index is 340. The first kappa shape index (κ1) is 16.0. The fourth-order valence-electron chi connectivity index (χ4n) is 2.26. The Hall–Kier alpha value is -1.10. The highest BCUT2D eigenvalue weighted by Gasteiger charge is 2.31. The van der Waals surface area contributed by atoms with Gasteiger partial charge in [-0.15, -0.1) is 0 Å². The van der Waals surface area contributed by atoms with E-state index >= 15 is 0 Å². The summed E-state index contributed by atoms with van der Waals surface area (Å²) in [6.45, 7) is 4.70. The molecule has 1 aliphatic rings. The number of hydrogen-bond donors (Lipinski definition) is 2. The molecule has 110 valence electrons. The summed E-state index contributed by atoms with van der Waals surface area (Å²) in [4.78, 5) is 25.2. The van der Waals surface area contributed by atoms with Crippen molar-refractivity contribution in [2.45, 2.75) is 45.1 Å². The van der Waals surface area contributed by atoms with Crippen LogP contribution in [0.2, 0.25) is 0 Å². The van der Waals surface area contributed by atoms with Crippen molar-refractivity contribution in [3.05, 3.63) is 0 Å². The quantitative estimate of drug-likeness (QED) is 0.791. The monoisotopic (exact) mass is 270 g/mol. The average Bonchev–Trinajstić information content (AvgIpc) is 2.36. The third-order valence-electron chi connectivity index (χ3n) is 4.30. The van der Waals surface area contributed by atoms with Gasteiger partial charge in [-0.05, 0) is 47.2 Å². The number of rotatable bonds is 5. The molecule has 2 unspecified atom stereocenters. The van der Waals surface area contributed by atoms with E-state index in [2.05, 4.69) is 24.1 Å². The zero-order valence-corrected chi connectivity index (χ0v) is 12.4. The first-order valence-electron chi connectivity index (χ1n) is 6.92. The van der Waals surface area contributed by atoms with Gasteiger partial charge < -0.3 is 15.3 Å². The molecule has 2 atom stereocenters. The Morgan fingerprint density at radius 1 is 1.26 bits per heavy atom. The molecular formula is C14H26N2O3. The Balaban J connectivity index is 2.47. The number of carboxylic acids is 1. The van der Waals surface area contributed by atoms with Crippen LogP contribution < -0.4 is 5.32 Å². The van der Waals surface area contributed by atoms with E-state index in [4.69, 9.17) is 5.11 Å². The number of carbonyl (C=O) groups excluding carboxylic acids is 1. The highest BCUT2D eigenvalue weighted by atomic mass is 16.4. The van der Waals surface area contributed by atoms with Crippen LogP contribution in [0.5, 0.6) is 0 Å². The molecule has 1 fully saturated rings. The lowest BCUT2D eigenvalue weighted by Crippen LogP contribution is -2.49. The summed E-state index contributed by atoms with van der Waals surface area (Å²) in [6, 6.07) is 0. The molecule has 0 aromatic heterocycles. The number of nitrogens with zero attached hydrogens (tertiary/aromatic N) is 1. The van der Waals surface area contributed by atoms with E-state index in [1.807, 2.05) is 14.1 Å². The average molecular weight is 270 g/mol. The Kier molecular flexibility index (Phi) is 5.35. The minimum Gasteiger partial charge on any atom is -0.481 e. The minimum absolute atomic E-state index is 0.000810. The smallest absolute Gasteiger partial charge is 0.306 e. The second-order valence-electron chi connectivity index (χ2n) is 6.32. The van der Waals surface area contributed by atoms with Gasteiger partial charge in [0.2, 0.25) is 5.91 Å². The van der Waals surface area contributed by atoms with Gasteiger partial charge in [-0.25, -0.2) is 0 Å². The molecule has 5 nitrogen and oxygen atoms in total. The summed E-state index contributed by atoms with van der Waals surface area (Å²) < 4.78 is 0. The van der Waals surface area contributed by atoms with Gasteiger partial charge in [-0.2, -0.15) is 0 Å². The van der Waals surface area contributed by atoms with E-state index in [0.717, 1.165) is 12.8 Å². The molecule has 2 N–H and O–H groups in total. The highest BCUT2D eigenvalue weighted by Crippen LogP contribution is 2.29. The molecule has 0 radical (unpaired) electrons. The predicted molar refractivity (Wildman–Crippen MR) is 73.9 cm³/mol. The number of amides is 1. The lowest BCUT2D eigenvalue weighted by atomic mass is 9.81. The highest BCUT2D eigenvalue weighted by molar-refractivity contribution is 5.80. The zero-order chi connectivity index (χ0) is 14.6. The molecule has 1 aliphatic carbocycles. The largest absolute Gasteiger partial charge is 0.481 e. The third-order valence-corrected chi connectivity index (χ3v) is 4.30. The van der Waals surface area contributed by atoms with Crippen LogP contribution in [-0.2, 0) is 9.59 Å². The normalized spacial score (nSPS) is 24.3. The van der Waals surface area contributed by atoms with Crippen molar-refractivity contribution in [2.75, 3.05) is 20.6 Å². The summed E-state index contributed by atoms with van der Waals surface area (Å²) in [5.41, 5.74) is -0.101. The van der Waals surface area contributed by atoms with Gasteiger partial charge in [0.05, 0.1) is 5.92 Å². The van der Waals surface area contributed by atoms with Gasteiger partial charge in [-0.1, -0.05) is 6.42 Å². The maximum atomic E-state index is 12.1. The van der Waals surface area contributed by atoms with Crippen LogP contribution in [0.15, 0.2) is 0 Å². The number of carbonyl (C=O) groups is 2. The van der Waals surface area contributed by atoms with E-state index in [9.17, 15) is 9.59 Å². The second-order valence-corrected chi connectivity index (χ2v) is 6.32. The van der Waals surface area contributed by atoms with E-state index in [1.165, 1.54) is 0 Å². The van der Waals surface area contributed by atoms with Gasteiger partial charge in [0, 0.05) is 18.0 Å². The number of likely N-dealkylation sites (N-methyl/N-ethyl adjacent to an activating group) is 1.